The zero-order chi connectivity index (χ0) is 17.2. The third-order valence-electron chi connectivity index (χ3n) is 5.84. The van der Waals surface area contributed by atoms with Gasteiger partial charge in [0, 0.05) is 37.9 Å². The lowest BCUT2D eigenvalue weighted by molar-refractivity contribution is -0.124. The molecule has 0 bridgehead atoms. The van der Waals surface area contributed by atoms with Gasteiger partial charge in [0.15, 0.2) is 0 Å². The number of benzene rings is 1. The Bertz CT molecular complexity index is 726. The molecule has 5 nitrogen and oxygen atoms in total. The molecule has 2 heterocycles. The van der Waals surface area contributed by atoms with Gasteiger partial charge in [-0.1, -0.05) is 30.3 Å². The number of carbonyl (C=O) groups is 1. The molecule has 5 heteroatoms. The summed E-state index contributed by atoms with van der Waals surface area (Å²) in [5.74, 6) is 2.54. The van der Waals surface area contributed by atoms with Crippen LogP contribution in [0.4, 0.5) is 0 Å². The van der Waals surface area contributed by atoms with Gasteiger partial charge in [-0.15, -0.1) is 0 Å². The molecule has 2 aromatic rings. The first-order valence-corrected chi connectivity index (χ1v) is 9.20. The van der Waals surface area contributed by atoms with E-state index in [1.807, 2.05) is 12.3 Å². The second kappa shape index (κ2) is 7.00. The fourth-order valence-corrected chi connectivity index (χ4v) is 4.36. The van der Waals surface area contributed by atoms with E-state index in [0.29, 0.717) is 24.3 Å². The van der Waals surface area contributed by atoms with Gasteiger partial charge in [0.2, 0.25) is 5.91 Å². The summed E-state index contributed by atoms with van der Waals surface area (Å²) in [6.07, 6.45) is 6.97. The number of fused-ring (bicyclic) bond motifs is 1. The van der Waals surface area contributed by atoms with Crippen LogP contribution in [0, 0.1) is 11.8 Å². The molecule has 1 saturated heterocycles. The zero-order valence-corrected chi connectivity index (χ0v) is 14.8. The standard InChI is InChI=1S/C20H26N4O/c1-23(18-9-16-11-20(25)22-12-17(16)10-18)14-19-21-7-8-24(19)13-15-5-3-2-4-6-15/h2-8,16-18H,9-14H2,1H3,(H,22,25)/t16-,17+,18-/m0/s1. The minimum Gasteiger partial charge on any atom is -0.356 e. The van der Waals surface area contributed by atoms with Crippen molar-refractivity contribution in [3.8, 4) is 0 Å². The Balaban J connectivity index is 1.39. The van der Waals surface area contributed by atoms with E-state index in [0.717, 1.165) is 31.9 Å². The quantitative estimate of drug-likeness (QED) is 0.910. The van der Waals surface area contributed by atoms with E-state index in [1.54, 1.807) is 0 Å². The van der Waals surface area contributed by atoms with E-state index in [1.165, 1.54) is 12.0 Å². The highest BCUT2D eigenvalue weighted by Crippen LogP contribution is 2.38. The molecule has 132 valence electrons. The topological polar surface area (TPSA) is 50.2 Å². The van der Waals surface area contributed by atoms with Gasteiger partial charge in [0.1, 0.15) is 5.82 Å². The van der Waals surface area contributed by atoms with Crippen LogP contribution < -0.4 is 5.32 Å². The second-order valence-electron chi connectivity index (χ2n) is 7.53. The third kappa shape index (κ3) is 3.61. The van der Waals surface area contributed by atoms with Crippen LogP contribution in [0.25, 0.3) is 0 Å². The molecule has 1 aromatic heterocycles. The van der Waals surface area contributed by atoms with Gasteiger partial charge in [0.25, 0.3) is 0 Å². The number of imidazole rings is 1. The van der Waals surface area contributed by atoms with Crippen molar-refractivity contribution < 1.29 is 4.79 Å². The van der Waals surface area contributed by atoms with E-state index in [9.17, 15) is 4.79 Å². The molecule has 0 unspecified atom stereocenters. The average molecular weight is 338 g/mol. The maximum Gasteiger partial charge on any atom is 0.220 e. The molecular formula is C20H26N4O. The summed E-state index contributed by atoms with van der Waals surface area (Å²) in [4.78, 5) is 18.6. The number of piperidine rings is 1. The molecule has 2 fully saturated rings. The smallest absolute Gasteiger partial charge is 0.220 e. The molecule has 1 aliphatic carbocycles. The molecule has 1 amide bonds. The van der Waals surface area contributed by atoms with Gasteiger partial charge in [-0.05, 0) is 37.3 Å². The van der Waals surface area contributed by atoms with Crippen molar-refractivity contribution in [3.05, 3.63) is 54.1 Å². The van der Waals surface area contributed by atoms with Gasteiger partial charge in [-0.3, -0.25) is 9.69 Å². The Labute approximate surface area is 149 Å². The largest absolute Gasteiger partial charge is 0.356 e. The van der Waals surface area contributed by atoms with Gasteiger partial charge in [-0.25, -0.2) is 4.98 Å². The molecule has 2 aliphatic rings. The first-order valence-electron chi connectivity index (χ1n) is 9.20. The van der Waals surface area contributed by atoms with Gasteiger partial charge in [-0.2, -0.15) is 0 Å². The molecule has 1 N–H and O–H groups in total. The summed E-state index contributed by atoms with van der Waals surface area (Å²) in [6, 6.07) is 11.1. The lowest BCUT2D eigenvalue weighted by Crippen LogP contribution is -2.38. The van der Waals surface area contributed by atoms with E-state index >= 15 is 0 Å². The van der Waals surface area contributed by atoms with Crippen molar-refractivity contribution in [2.75, 3.05) is 13.6 Å². The van der Waals surface area contributed by atoms with Gasteiger partial charge >= 0.3 is 0 Å². The SMILES string of the molecule is CN(Cc1nccn1Cc1ccccc1)[C@H]1C[C@H]2CC(=O)NC[C@H]2C1. The predicted molar refractivity (Wildman–Crippen MR) is 96.9 cm³/mol. The maximum atomic E-state index is 11.6. The molecule has 25 heavy (non-hydrogen) atoms. The first kappa shape index (κ1) is 16.3. The van der Waals surface area contributed by atoms with Crippen LogP contribution in [0.1, 0.15) is 30.7 Å². The van der Waals surface area contributed by atoms with Crippen LogP contribution in [0.2, 0.25) is 0 Å². The summed E-state index contributed by atoms with van der Waals surface area (Å²) in [5.41, 5.74) is 1.29. The molecule has 1 aromatic carbocycles. The summed E-state index contributed by atoms with van der Waals surface area (Å²) in [5, 5.41) is 3.02. The summed E-state index contributed by atoms with van der Waals surface area (Å²) in [6.45, 7) is 2.57. The van der Waals surface area contributed by atoms with Crippen molar-refractivity contribution in [2.45, 2.75) is 38.4 Å². The van der Waals surface area contributed by atoms with E-state index in [2.05, 4.69) is 57.3 Å². The Hall–Kier alpha value is -2.14. The minimum absolute atomic E-state index is 0.225. The number of rotatable bonds is 5. The number of hydrogen-bond acceptors (Lipinski definition) is 3. The lowest BCUT2D eigenvalue weighted by Gasteiger charge is -2.24. The molecule has 0 radical (unpaired) electrons. The normalized spacial score (nSPS) is 25.8. The Morgan fingerprint density at radius 1 is 1.24 bits per heavy atom. The highest BCUT2D eigenvalue weighted by atomic mass is 16.1. The molecule has 4 rings (SSSR count). The summed E-state index contributed by atoms with van der Waals surface area (Å²) < 4.78 is 2.24. The van der Waals surface area contributed by atoms with Gasteiger partial charge < -0.3 is 9.88 Å². The lowest BCUT2D eigenvalue weighted by atomic mass is 9.89. The minimum atomic E-state index is 0.225. The van der Waals surface area contributed by atoms with Crippen LogP contribution in [-0.2, 0) is 17.9 Å². The fourth-order valence-electron chi connectivity index (χ4n) is 4.36. The number of nitrogens with zero attached hydrogens (tertiary/aromatic N) is 3. The molecule has 1 aliphatic heterocycles. The van der Waals surface area contributed by atoms with Crippen molar-refractivity contribution in [1.82, 2.24) is 19.8 Å². The monoisotopic (exact) mass is 338 g/mol. The number of carbonyl (C=O) groups excluding carboxylic acids is 1. The zero-order valence-electron chi connectivity index (χ0n) is 14.8. The second-order valence-corrected chi connectivity index (χ2v) is 7.53. The van der Waals surface area contributed by atoms with Crippen molar-refractivity contribution >= 4 is 5.91 Å². The Morgan fingerprint density at radius 3 is 2.88 bits per heavy atom. The highest BCUT2D eigenvalue weighted by molar-refractivity contribution is 5.77. The van der Waals surface area contributed by atoms with Crippen LogP contribution in [0.3, 0.4) is 0 Å². The molecule has 0 spiro atoms. The molecule has 1 saturated carbocycles. The number of aromatic nitrogens is 2. The number of amides is 1. The fraction of sp³-hybridized carbons (Fsp3) is 0.500. The van der Waals surface area contributed by atoms with E-state index in [-0.39, 0.29) is 5.91 Å². The van der Waals surface area contributed by atoms with Crippen LogP contribution in [0.5, 0.6) is 0 Å². The summed E-state index contributed by atoms with van der Waals surface area (Å²) in [7, 11) is 2.19. The highest BCUT2D eigenvalue weighted by Gasteiger charge is 2.39. The maximum absolute atomic E-state index is 11.6. The Kier molecular flexibility index (Phi) is 4.57. The average Bonchev–Trinajstić information content (AvgIpc) is 3.22. The predicted octanol–water partition coefficient (Wildman–Crippen LogP) is 2.28. The number of nitrogens with one attached hydrogen (secondary N) is 1. The third-order valence-corrected chi connectivity index (χ3v) is 5.84. The number of hydrogen-bond donors (Lipinski definition) is 1. The van der Waals surface area contributed by atoms with Crippen LogP contribution >= 0.6 is 0 Å². The van der Waals surface area contributed by atoms with Crippen LogP contribution in [0.15, 0.2) is 42.7 Å². The van der Waals surface area contributed by atoms with Gasteiger partial charge in [0.05, 0.1) is 6.54 Å². The molecule has 3 atom stereocenters. The van der Waals surface area contributed by atoms with E-state index < -0.39 is 0 Å². The van der Waals surface area contributed by atoms with Crippen LogP contribution in [-0.4, -0.2) is 40.0 Å². The Morgan fingerprint density at radius 2 is 2.04 bits per heavy atom. The summed E-state index contributed by atoms with van der Waals surface area (Å²) >= 11 is 0. The van der Waals surface area contributed by atoms with Crippen molar-refractivity contribution in [3.63, 3.8) is 0 Å². The molecular weight excluding hydrogens is 312 g/mol. The van der Waals surface area contributed by atoms with Crippen molar-refractivity contribution in [2.24, 2.45) is 11.8 Å². The van der Waals surface area contributed by atoms with E-state index in [4.69, 9.17) is 0 Å². The first-order chi connectivity index (χ1) is 12.2. The van der Waals surface area contributed by atoms with Crippen molar-refractivity contribution in [1.29, 1.82) is 0 Å².